The molecule has 5 heterocycles. The van der Waals surface area contributed by atoms with Crippen molar-refractivity contribution in [2.24, 2.45) is 0 Å². The second-order valence-electron chi connectivity index (χ2n) is 11.1. The fourth-order valence-corrected chi connectivity index (χ4v) is 5.75. The first kappa shape index (κ1) is 26.4. The zero-order valence-corrected chi connectivity index (χ0v) is 23.4. The molecule has 2 saturated heterocycles. The third-order valence-corrected chi connectivity index (χ3v) is 8.50. The second kappa shape index (κ2) is 9.99. The number of ether oxygens (including phenoxy) is 3. The third-order valence-electron chi connectivity index (χ3n) is 7.95. The van der Waals surface area contributed by atoms with Crippen LogP contribution in [0, 0.1) is 19.7 Å². The van der Waals surface area contributed by atoms with E-state index in [1.165, 1.54) is 18.2 Å². The van der Waals surface area contributed by atoms with Crippen LogP contribution in [0.1, 0.15) is 59.7 Å². The van der Waals surface area contributed by atoms with Crippen LogP contribution in [-0.2, 0) is 22.6 Å². The molecule has 0 radical (unpaired) electrons. The van der Waals surface area contributed by atoms with Crippen LogP contribution in [-0.4, -0.2) is 74.5 Å². The minimum absolute atomic E-state index is 0.114. The summed E-state index contributed by atoms with van der Waals surface area (Å²) in [6, 6.07) is 4.33. The molecule has 11 heteroatoms. The minimum Gasteiger partial charge on any atom is -0.489 e. The Morgan fingerprint density at radius 2 is 1.87 bits per heavy atom. The number of carbonyl (C=O) groups is 1. The lowest BCUT2D eigenvalue weighted by Crippen LogP contribution is -2.53. The van der Waals surface area contributed by atoms with Gasteiger partial charge in [0.15, 0.2) is 11.4 Å². The average Bonchev–Trinajstić information content (AvgIpc) is 3.47. The molecule has 1 aromatic carbocycles. The lowest BCUT2D eigenvalue weighted by atomic mass is 10.0. The summed E-state index contributed by atoms with van der Waals surface area (Å²) < 4.78 is 33.9. The molecule has 2 aromatic heterocycles. The van der Waals surface area contributed by atoms with Gasteiger partial charge in [-0.1, -0.05) is 11.6 Å². The van der Waals surface area contributed by atoms with Crippen molar-refractivity contribution in [3.8, 4) is 5.75 Å². The highest BCUT2D eigenvalue weighted by molar-refractivity contribution is 6.31. The molecule has 0 bridgehead atoms. The monoisotopic (exact) mass is 557 g/mol. The number of benzene rings is 1. The number of carbonyl (C=O) groups excluding carboxylic acids is 1. The van der Waals surface area contributed by atoms with Gasteiger partial charge in [0.1, 0.15) is 17.7 Å². The summed E-state index contributed by atoms with van der Waals surface area (Å²) in [6.45, 7) is 11.2. The van der Waals surface area contributed by atoms with Gasteiger partial charge in [-0.2, -0.15) is 5.10 Å². The largest absolute Gasteiger partial charge is 0.489 e. The molecule has 0 saturated carbocycles. The summed E-state index contributed by atoms with van der Waals surface area (Å²) in [5.41, 5.74) is 4.29. The SMILES string of the molecule is Cc1nc2c3c(nn2c(C)c1Cl)CN(C(=O)c1ccc(F)cc1OC1CCN(C2COC(C)(C)OC2)CC1)C3. The molecule has 9 nitrogen and oxygen atoms in total. The van der Waals surface area contributed by atoms with Crippen molar-refractivity contribution in [2.45, 2.75) is 71.6 Å². The van der Waals surface area contributed by atoms with Gasteiger partial charge < -0.3 is 19.1 Å². The van der Waals surface area contributed by atoms with Crippen molar-refractivity contribution >= 4 is 23.2 Å². The second-order valence-corrected chi connectivity index (χ2v) is 11.5. The lowest BCUT2D eigenvalue weighted by Gasteiger charge is -2.42. The Labute approximate surface area is 231 Å². The van der Waals surface area contributed by atoms with Crippen LogP contribution >= 0.6 is 11.6 Å². The van der Waals surface area contributed by atoms with Crippen molar-refractivity contribution in [2.75, 3.05) is 26.3 Å². The van der Waals surface area contributed by atoms with Gasteiger partial charge in [0.25, 0.3) is 5.91 Å². The molecule has 3 aliphatic heterocycles. The van der Waals surface area contributed by atoms with E-state index >= 15 is 0 Å². The van der Waals surface area contributed by atoms with Crippen molar-refractivity contribution in [3.63, 3.8) is 0 Å². The van der Waals surface area contributed by atoms with Crippen LogP contribution < -0.4 is 4.74 Å². The zero-order chi connectivity index (χ0) is 27.5. The number of aromatic nitrogens is 3. The van der Waals surface area contributed by atoms with Crippen molar-refractivity contribution < 1.29 is 23.4 Å². The number of hydrogen-bond acceptors (Lipinski definition) is 7. The molecule has 0 aliphatic carbocycles. The molecule has 0 spiro atoms. The third kappa shape index (κ3) is 4.99. The first-order valence-electron chi connectivity index (χ1n) is 13.4. The van der Waals surface area contributed by atoms with E-state index in [1.54, 1.807) is 9.42 Å². The number of likely N-dealkylation sites (tertiary alicyclic amines) is 1. The number of rotatable bonds is 4. The van der Waals surface area contributed by atoms with E-state index in [1.807, 2.05) is 27.7 Å². The molecular formula is C28H33ClFN5O4. The number of hydrogen-bond donors (Lipinski definition) is 0. The van der Waals surface area contributed by atoms with Crippen molar-refractivity contribution in [1.29, 1.82) is 0 Å². The minimum atomic E-state index is -0.540. The molecule has 2 fully saturated rings. The van der Waals surface area contributed by atoms with E-state index in [0.29, 0.717) is 42.5 Å². The Morgan fingerprint density at radius 1 is 1.15 bits per heavy atom. The summed E-state index contributed by atoms with van der Waals surface area (Å²) in [4.78, 5) is 22.3. The maximum Gasteiger partial charge on any atom is 0.258 e. The first-order valence-corrected chi connectivity index (χ1v) is 13.8. The Balaban J connectivity index is 1.14. The Bertz CT molecular complexity index is 1430. The van der Waals surface area contributed by atoms with Gasteiger partial charge in [0, 0.05) is 24.7 Å². The molecule has 0 atom stereocenters. The quantitative estimate of drug-likeness (QED) is 0.473. The molecule has 6 rings (SSSR count). The van der Waals surface area contributed by atoms with Gasteiger partial charge in [0.2, 0.25) is 0 Å². The van der Waals surface area contributed by atoms with Gasteiger partial charge in [-0.25, -0.2) is 13.9 Å². The average molecular weight is 558 g/mol. The molecule has 0 unspecified atom stereocenters. The predicted molar refractivity (Wildman–Crippen MR) is 142 cm³/mol. The maximum absolute atomic E-state index is 14.3. The molecule has 0 N–H and O–H groups in total. The highest BCUT2D eigenvalue weighted by Crippen LogP contribution is 2.33. The van der Waals surface area contributed by atoms with Crippen LogP contribution in [0.2, 0.25) is 5.02 Å². The Kier molecular flexibility index (Phi) is 6.77. The van der Waals surface area contributed by atoms with Crippen LogP contribution in [0.5, 0.6) is 5.75 Å². The van der Waals surface area contributed by atoms with E-state index < -0.39 is 11.6 Å². The topological polar surface area (TPSA) is 81.4 Å². The van der Waals surface area contributed by atoms with E-state index in [4.69, 9.17) is 25.8 Å². The summed E-state index contributed by atoms with van der Waals surface area (Å²) >= 11 is 6.36. The summed E-state index contributed by atoms with van der Waals surface area (Å²) in [6.07, 6.45) is 1.42. The smallest absolute Gasteiger partial charge is 0.258 e. The number of aryl methyl sites for hydroxylation is 2. The number of halogens is 2. The van der Waals surface area contributed by atoms with Gasteiger partial charge in [-0.3, -0.25) is 9.69 Å². The summed E-state index contributed by atoms with van der Waals surface area (Å²) in [5, 5.41) is 5.25. The fourth-order valence-electron chi connectivity index (χ4n) is 5.63. The Hall–Kier alpha value is -2.79. The Morgan fingerprint density at radius 3 is 2.59 bits per heavy atom. The number of fused-ring (bicyclic) bond motifs is 3. The zero-order valence-electron chi connectivity index (χ0n) is 22.7. The molecular weight excluding hydrogens is 525 g/mol. The van der Waals surface area contributed by atoms with Gasteiger partial charge in [0.05, 0.1) is 60.0 Å². The van der Waals surface area contributed by atoms with E-state index in [9.17, 15) is 9.18 Å². The van der Waals surface area contributed by atoms with Gasteiger partial charge in [-0.05, 0) is 52.7 Å². The van der Waals surface area contributed by atoms with Crippen molar-refractivity contribution in [3.05, 3.63) is 57.2 Å². The normalized spacial score (nSPS) is 20.5. The molecule has 1 amide bonds. The molecule has 3 aromatic rings. The van der Waals surface area contributed by atoms with E-state index in [-0.39, 0.29) is 23.8 Å². The molecule has 39 heavy (non-hydrogen) atoms. The van der Waals surface area contributed by atoms with Crippen LogP contribution in [0.4, 0.5) is 4.39 Å². The highest BCUT2D eigenvalue weighted by atomic mass is 35.5. The van der Waals surface area contributed by atoms with Crippen LogP contribution in [0.3, 0.4) is 0 Å². The standard InChI is InChI=1S/C28H33ClFN5O4/c1-16-25(29)17(2)35-26(31-16)22-12-34(13-23(22)32-35)27(36)21-6-5-18(30)11-24(21)39-20-7-9-33(10-8-20)19-14-37-28(3,4)38-15-19/h5-6,11,19-20H,7-10,12-15H2,1-4H3. The number of amides is 1. The van der Waals surface area contributed by atoms with E-state index in [2.05, 4.69) is 15.0 Å². The lowest BCUT2D eigenvalue weighted by molar-refractivity contribution is -0.265. The molecule has 3 aliphatic rings. The van der Waals surface area contributed by atoms with Crippen LogP contribution in [0.25, 0.3) is 5.65 Å². The number of piperidine rings is 1. The van der Waals surface area contributed by atoms with Crippen LogP contribution in [0.15, 0.2) is 18.2 Å². The molecule has 208 valence electrons. The van der Waals surface area contributed by atoms with E-state index in [0.717, 1.165) is 48.6 Å². The summed E-state index contributed by atoms with van der Waals surface area (Å²) in [5.74, 6) is -0.922. The number of nitrogens with zero attached hydrogens (tertiary/aromatic N) is 5. The maximum atomic E-state index is 14.3. The predicted octanol–water partition coefficient (Wildman–Crippen LogP) is 4.29. The first-order chi connectivity index (χ1) is 18.6. The van der Waals surface area contributed by atoms with Gasteiger partial charge >= 0.3 is 0 Å². The fraction of sp³-hybridized carbons (Fsp3) is 0.536. The van der Waals surface area contributed by atoms with Crippen molar-refractivity contribution in [1.82, 2.24) is 24.4 Å². The highest BCUT2D eigenvalue weighted by Gasteiger charge is 2.35. The van der Waals surface area contributed by atoms with Gasteiger partial charge in [-0.15, -0.1) is 0 Å². The summed E-state index contributed by atoms with van der Waals surface area (Å²) in [7, 11) is 0.